The van der Waals surface area contributed by atoms with Crippen LogP contribution in [0, 0.1) is 5.92 Å². The van der Waals surface area contributed by atoms with E-state index in [-0.39, 0.29) is 0 Å². The number of nitrogens with zero attached hydrogens (tertiary/aromatic N) is 3. The molecule has 3 nitrogen and oxygen atoms in total. The predicted octanol–water partition coefficient (Wildman–Crippen LogP) is 1.26. The highest BCUT2D eigenvalue weighted by Gasteiger charge is 2.24. The van der Waals surface area contributed by atoms with Crippen LogP contribution in [0.3, 0.4) is 0 Å². The quantitative estimate of drug-likeness (QED) is 0.696. The molecule has 1 aromatic rings. The van der Waals surface area contributed by atoms with E-state index in [0.717, 1.165) is 12.5 Å². The number of aromatic nitrogens is 2. The van der Waals surface area contributed by atoms with Gasteiger partial charge in [-0.2, -0.15) is 5.10 Å². The van der Waals surface area contributed by atoms with E-state index >= 15 is 0 Å². The molecule has 2 heterocycles. The molecule has 1 aromatic heterocycles. The fourth-order valence-electron chi connectivity index (χ4n) is 1.84. The molecule has 0 bridgehead atoms. The van der Waals surface area contributed by atoms with E-state index in [4.69, 9.17) is 0 Å². The Morgan fingerprint density at radius 1 is 1.54 bits per heavy atom. The normalized spacial score (nSPS) is 18.9. The largest absolute Gasteiger partial charge is 0.297 e. The topological polar surface area (TPSA) is 21.1 Å². The Labute approximate surface area is 79.3 Å². The molecular weight excluding hydrogens is 162 g/mol. The summed E-state index contributed by atoms with van der Waals surface area (Å²) in [6, 6.07) is 2.10. The molecule has 1 fully saturated rings. The van der Waals surface area contributed by atoms with Gasteiger partial charge in [0.1, 0.15) is 0 Å². The molecule has 2 rings (SSSR count). The predicted molar refractivity (Wildman–Crippen MR) is 52.3 cm³/mol. The van der Waals surface area contributed by atoms with Crippen LogP contribution in [0.4, 0.5) is 0 Å². The molecule has 1 aliphatic rings. The Morgan fingerprint density at radius 3 is 2.85 bits per heavy atom. The van der Waals surface area contributed by atoms with Crippen LogP contribution < -0.4 is 0 Å². The molecule has 0 atom stereocenters. The lowest BCUT2D eigenvalue weighted by Gasteiger charge is -2.38. The Balaban J connectivity index is 1.81. The highest BCUT2D eigenvalue weighted by Crippen LogP contribution is 2.20. The number of aryl methyl sites for hydroxylation is 1. The van der Waals surface area contributed by atoms with Crippen LogP contribution in [-0.2, 0) is 13.6 Å². The van der Waals surface area contributed by atoms with Gasteiger partial charge in [-0.15, -0.1) is 0 Å². The molecule has 72 valence electrons. The molecule has 0 N–H and O–H groups in total. The Kier molecular flexibility index (Phi) is 2.36. The molecule has 13 heavy (non-hydrogen) atoms. The maximum atomic E-state index is 4.36. The number of rotatable bonds is 3. The Morgan fingerprint density at radius 2 is 2.31 bits per heavy atom. The van der Waals surface area contributed by atoms with Crippen molar-refractivity contribution in [1.82, 2.24) is 14.7 Å². The zero-order chi connectivity index (χ0) is 9.26. The summed E-state index contributed by atoms with van der Waals surface area (Å²) in [5.41, 5.74) is 1.19. The number of hydrogen-bond acceptors (Lipinski definition) is 2. The van der Waals surface area contributed by atoms with Crippen molar-refractivity contribution in [3.05, 3.63) is 18.0 Å². The van der Waals surface area contributed by atoms with Crippen LogP contribution in [0.5, 0.6) is 0 Å². The molecular formula is C10H17N3. The minimum absolute atomic E-state index is 0.934. The van der Waals surface area contributed by atoms with Gasteiger partial charge in [-0.3, -0.25) is 9.58 Å². The van der Waals surface area contributed by atoms with Crippen LogP contribution in [0.2, 0.25) is 0 Å². The van der Waals surface area contributed by atoms with Gasteiger partial charge < -0.3 is 0 Å². The molecule has 3 heteroatoms. The van der Waals surface area contributed by atoms with Gasteiger partial charge in [0.2, 0.25) is 0 Å². The first kappa shape index (κ1) is 8.75. The Hall–Kier alpha value is -0.830. The van der Waals surface area contributed by atoms with Crippen LogP contribution in [-0.4, -0.2) is 27.8 Å². The molecule has 0 radical (unpaired) electrons. The van der Waals surface area contributed by atoms with Crippen LogP contribution >= 0.6 is 0 Å². The van der Waals surface area contributed by atoms with Crippen LogP contribution in [0.25, 0.3) is 0 Å². The summed E-state index contributed by atoms with van der Waals surface area (Å²) in [6.07, 6.45) is 3.32. The minimum Gasteiger partial charge on any atom is -0.297 e. The molecule has 0 saturated carbocycles. The molecule has 0 unspecified atom stereocenters. The summed E-state index contributed by atoms with van der Waals surface area (Å²) in [5, 5.41) is 4.36. The first-order chi connectivity index (χ1) is 6.28. The molecule has 1 saturated heterocycles. The molecule has 0 aromatic carbocycles. The van der Waals surface area contributed by atoms with E-state index in [2.05, 4.69) is 23.0 Å². The summed E-state index contributed by atoms with van der Waals surface area (Å²) in [5.74, 6) is 0.934. The fraction of sp³-hybridized carbons (Fsp3) is 0.700. The average Bonchev–Trinajstić information content (AvgIpc) is 2.43. The number of hydrogen-bond donors (Lipinski definition) is 0. The van der Waals surface area contributed by atoms with E-state index in [1.54, 1.807) is 0 Å². The third-order valence-corrected chi connectivity index (χ3v) is 2.76. The third-order valence-electron chi connectivity index (χ3n) is 2.76. The van der Waals surface area contributed by atoms with Gasteiger partial charge in [0.15, 0.2) is 0 Å². The van der Waals surface area contributed by atoms with E-state index < -0.39 is 0 Å². The lowest BCUT2D eigenvalue weighted by molar-refractivity contribution is 0.0883. The summed E-state index contributed by atoms with van der Waals surface area (Å²) < 4.78 is 1.87. The van der Waals surface area contributed by atoms with Crippen molar-refractivity contribution < 1.29 is 0 Å². The van der Waals surface area contributed by atoms with Gasteiger partial charge >= 0.3 is 0 Å². The van der Waals surface area contributed by atoms with Crippen molar-refractivity contribution in [2.24, 2.45) is 13.0 Å². The lowest BCUT2D eigenvalue weighted by atomic mass is 9.97. The standard InChI is InChI=1S/C10H17N3/c1-3-9-6-13(7-9)8-10-4-5-12(2)11-10/h4-5,9H,3,6-8H2,1-2H3. The maximum Gasteiger partial charge on any atom is 0.0764 e. The molecule has 0 spiro atoms. The fourth-order valence-corrected chi connectivity index (χ4v) is 1.84. The van der Waals surface area contributed by atoms with E-state index in [1.165, 1.54) is 25.2 Å². The minimum atomic E-state index is 0.934. The van der Waals surface area contributed by atoms with Crippen molar-refractivity contribution in [3.8, 4) is 0 Å². The summed E-state index contributed by atoms with van der Waals surface area (Å²) in [6.45, 7) is 5.81. The van der Waals surface area contributed by atoms with Crippen LogP contribution in [0.1, 0.15) is 19.0 Å². The first-order valence-corrected chi connectivity index (χ1v) is 4.99. The zero-order valence-corrected chi connectivity index (χ0v) is 8.40. The first-order valence-electron chi connectivity index (χ1n) is 4.99. The van der Waals surface area contributed by atoms with Gasteiger partial charge in [-0.25, -0.2) is 0 Å². The SMILES string of the molecule is CCC1CN(Cc2ccn(C)n2)C1. The van der Waals surface area contributed by atoms with Crippen LogP contribution in [0.15, 0.2) is 12.3 Å². The maximum absolute atomic E-state index is 4.36. The van der Waals surface area contributed by atoms with Gasteiger partial charge in [-0.1, -0.05) is 13.3 Å². The average molecular weight is 179 g/mol. The Bertz CT molecular complexity index is 273. The van der Waals surface area contributed by atoms with Crippen molar-refractivity contribution in [2.75, 3.05) is 13.1 Å². The van der Waals surface area contributed by atoms with Crippen molar-refractivity contribution in [1.29, 1.82) is 0 Å². The zero-order valence-electron chi connectivity index (χ0n) is 8.40. The summed E-state index contributed by atoms with van der Waals surface area (Å²) >= 11 is 0. The second-order valence-electron chi connectivity index (χ2n) is 3.95. The highest BCUT2D eigenvalue weighted by molar-refractivity contribution is 4.99. The van der Waals surface area contributed by atoms with E-state index in [1.807, 2.05) is 17.9 Å². The van der Waals surface area contributed by atoms with Gasteiger partial charge in [0.25, 0.3) is 0 Å². The lowest BCUT2D eigenvalue weighted by Crippen LogP contribution is -2.45. The summed E-state index contributed by atoms with van der Waals surface area (Å²) in [4.78, 5) is 2.45. The smallest absolute Gasteiger partial charge is 0.0764 e. The second-order valence-corrected chi connectivity index (χ2v) is 3.95. The van der Waals surface area contributed by atoms with Gasteiger partial charge in [0, 0.05) is 32.9 Å². The highest BCUT2D eigenvalue weighted by atomic mass is 15.3. The summed E-state index contributed by atoms with van der Waals surface area (Å²) in [7, 11) is 1.97. The number of likely N-dealkylation sites (tertiary alicyclic amines) is 1. The van der Waals surface area contributed by atoms with E-state index in [9.17, 15) is 0 Å². The van der Waals surface area contributed by atoms with Gasteiger partial charge in [0.05, 0.1) is 5.69 Å². The van der Waals surface area contributed by atoms with Crippen molar-refractivity contribution in [3.63, 3.8) is 0 Å². The monoisotopic (exact) mass is 179 g/mol. The van der Waals surface area contributed by atoms with Crippen molar-refractivity contribution in [2.45, 2.75) is 19.9 Å². The van der Waals surface area contributed by atoms with Gasteiger partial charge in [-0.05, 0) is 12.0 Å². The molecule has 0 amide bonds. The van der Waals surface area contributed by atoms with Crippen molar-refractivity contribution >= 4 is 0 Å². The third kappa shape index (κ3) is 1.91. The van der Waals surface area contributed by atoms with E-state index in [0.29, 0.717) is 0 Å². The second kappa shape index (κ2) is 3.50. The molecule has 1 aliphatic heterocycles. The molecule has 0 aliphatic carbocycles.